The lowest BCUT2D eigenvalue weighted by atomic mass is 9.96. The first kappa shape index (κ1) is 54.0. The van der Waals surface area contributed by atoms with E-state index in [4.69, 9.17) is 51.1 Å². The molecule has 0 spiro atoms. The van der Waals surface area contributed by atoms with Crippen LogP contribution >= 0.6 is 46.4 Å². The Labute approximate surface area is 400 Å². The summed E-state index contributed by atoms with van der Waals surface area (Å²) in [5.41, 5.74) is -0.898. The number of hydrogen-bond donors (Lipinski definition) is 1. The van der Waals surface area contributed by atoms with Gasteiger partial charge in [-0.05, 0) is 101 Å². The molecule has 4 aromatic rings. The Kier molecular flexibility index (Phi) is 16.6. The van der Waals surface area contributed by atoms with Crippen LogP contribution in [0.1, 0.15) is 82.1 Å². The number of ether oxygens (including phenoxy) is 1. The zero-order chi connectivity index (χ0) is 50.2. The van der Waals surface area contributed by atoms with Crippen LogP contribution in [0, 0.1) is 5.41 Å². The second kappa shape index (κ2) is 20.3. The number of nitrogens with zero attached hydrogens (tertiary/aromatic N) is 4. The number of pyridine rings is 2. The van der Waals surface area contributed by atoms with Crippen molar-refractivity contribution in [1.82, 2.24) is 9.97 Å². The SMILES string of the molecule is CN(C(=O)C(F)F)c1c(Cl)ccc(/C=C(\O)c2ncccc2C(C)(C)S(=O)[O-])c1Cl.CN(C(=O)C(F)F)c1c(Cl)ccc(C2=C(OC(=O)C(C)(C)C)c3ncccc3C(C)(C)S2(=O)=O)c1Cl. The standard InChI is InChI=1S/C24H24Cl2F2N2O5S.C19H18Cl2F2N2O4S/c1-23(2,3)22(32)35-18-16-13(8-7-11-29-16)24(4,5)36(33,34)19(18)12-9-10-14(25)17(15(12)26)30(6)21(31)20(27)28;1-19(2,30(28)29)11-5-4-8-24-15(11)13(26)9-10-6-7-12(20)16(14(10)21)25(3)18(27)17(22)23/h7-11,20H,1-6H3;4-9,17,26H,1-3H3,(H,28,29)/p-1/b;13-9-. The molecule has 66 heavy (non-hydrogen) atoms. The average Bonchev–Trinajstić information content (AvgIpc) is 3.23. The smallest absolute Gasteiger partial charge is 0.316 e. The molecule has 1 unspecified atom stereocenters. The summed E-state index contributed by atoms with van der Waals surface area (Å²) in [6, 6.07) is 11.4. The normalized spacial score (nSPS) is 15.1. The maximum absolute atomic E-state index is 14.0. The summed E-state index contributed by atoms with van der Waals surface area (Å²) in [5.74, 6) is -4.61. The maximum Gasteiger partial charge on any atom is 0.316 e. The number of carbonyl (C=O) groups excluding carboxylic acids is 3. The number of hydrogen-bond acceptors (Lipinski definition) is 11. The van der Waals surface area contributed by atoms with Crippen LogP contribution in [0.3, 0.4) is 0 Å². The minimum Gasteiger partial charge on any atom is -0.772 e. The highest BCUT2D eigenvalue weighted by atomic mass is 35.5. The van der Waals surface area contributed by atoms with Crippen molar-refractivity contribution in [3.05, 3.63) is 115 Å². The molecule has 0 aliphatic carbocycles. The third kappa shape index (κ3) is 10.6. The Hall–Kier alpha value is -4.63. The van der Waals surface area contributed by atoms with Gasteiger partial charge in [-0.1, -0.05) is 70.7 Å². The molecule has 2 aromatic carbocycles. The average molecular weight is 1040 g/mol. The molecule has 13 nitrogen and oxygen atoms in total. The van der Waals surface area contributed by atoms with Crippen molar-refractivity contribution in [3.8, 4) is 0 Å². The van der Waals surface area contributed by atoms with Crippen LogP contribution < -0.4 is 9.80 Å². The van der Waals surface area contributed by atoms with Gasteiger partial charge in [-0.15, -0.1) is 0 Å². The van der Waals surface area contributed by atoms with Crippen molar-refractivity contribution in [2.45, 2.75) is 70.8 Å². The van der Waals surface area contributed by atoms with Crippen LogP contribution in [0.15, 0.2) is 60.9 Å². The van der Waals surface area contributed by atoms with E-state index in [9.17, 15) is 54.2 Å². The molecule has 3 heterocycles. The van der Waals surface area contributed by atoms with Crippen LogP contribution in [0.4, 0.5) is 28.9 Å². The summed E-state index contributed by atoms with van der Waals surface area (Å²) in [6.45, 7) is 10.6. The molecule has 0 saturated heterocycles. The van der Waals surface area contributed by atoms with Gasteiger partial charge < -0.3 is 24.2 Å². The highest BCUT2D eigenvalue weighted by molar-refractivity contribution is 8.01. The number of amides is 2. The molecule has 2 amide bonds. The molecule has 1 aliphatic heterocycles. The Morgan fingerprint density at radius 1 is 0.833 bits per heavy atom. The van der Waals surface area contributed by atoms with Crippen molar-refractivity contribution in [2.75, 3.05) is 23.9 Å². The molecule has 23 heteroatoms. The van der Waals surface area contributed by atoms with E-state index in [0.29, 0.717) is 15.4 Å². The molecule has 0 saturated carbocycles. The number of aromatic nitrogens is 2. The van der Waals surface area contributed by atoms with Crippen molar-refractivity contribution in [1.29, 1.82) is 0 Å². The number of halogens is 8. The number of benzene rings is 2. The number of anilines is 2. The van der Waals surface area contributed by atoms with E-state index < -0.39 is 82.1 Å². The van der Waals surface area contributed by atoms with Gasteiger partial charge in [0.1, 0.15) is 22.1 Å². The van der Waals surface area contributed by atoms with Gasteiger partial charge in [-0.2, -0.15) is 17.6 Å². The van der Waals surface area contributed by atoms with Gasteiger partial charge in [-0.3, -0.25) is 28.6 Å². The number of aliphatic hydroxyl groups is 1. The van der Waals surface area contributed by atoms with Crippen LogP contribution in [0.25, 0.3) is 22.5 Å². The van der Waals surface area contributed by atoms with Gasteiger partial charge in [-0.25, -0.2) is 8.42 Å². The Balaban J connectivity index is 0.000000294. The molecule has 2 aromatic heterocycles. The molecule has 0 fully saturated rings. The fraction of sp³-hybridized carbons (Fsp3) is 0.326. The number of carbonyl (C=O) groups is 3. The van der Waals surface area contributed by atoms with E-state index >= 15 is 0 Å². The summed E-state index contributed by atoms with van der Waals surface area (Å²) in [7, 11) is -2.21. The van der Waals surface area contributed by atoms with Gasteiger partial charge in [0.15, 0.2) is 15.6 Å². The Morgan fingerprint density at radius 3 is 1.85 bits per heavy atom. The summed E-state index contributed by atoms with van der Waals surface area (Å²) < 4.78 is 106. The molecule has 5 rings (SSSR count). The van der Waals surface area contributed by atoms with Gasteiger partial charge in [0, 0.05) is 37.6 Å². The maximum atomic E-state index is 14.0. The van der Waals surface area contributed by atoms with Crippen molar-refractivity contribution in [3.63, 3.8) is 0 Å². The molecule has 1 aliphatic rings. The quantitative estimate of drug-likeness (QED) is 0.0689. The number of alkyl halides is 4. The number of esters is 1. The number of rotatable bonds is 10. The highest BCUT2D eigenvalue weighted by Gasteiger charge is 2.50. The minimum absolute atomic E-state index is 0.00345. The molecule has 0 bridgehead atoms. The van der Waals surface area contributed by atoms with Crippen LogP contribution in [-0.2, 0) is 49.5 Å². The van der Waals surface area contributed by atoms with E-state index in [1.54, 1.807) is 32.9 Å². The highest BCUT2D eigenvalue weighted by Crippen LogP contribution is 2.52. The fourth-order valence-corrected chi connectivity index (χ4v) is 9.83. The van der Waals surface area contributed by atoms with E-state index in [0.717, 1.165) is 14.1 Å². The number of fused-ring (bicyclic) bond motifs is 1. The van der Waals surface area contributed by atoms with Gasteiger partial charge in [0.2, 0.25) is 0 Å². The lowest BCUT2D eigenvalue weighted by molar-refractivity contribution is -0.145. The zero-order valence-electron chi connectivity index (χ0n) is 36.3. The second-order valence-electron chi connectivity index (χ2n) is 16.3. The largest absolute Gasteiger partial charge is 0.772 e. The summed E-state index contributed by atoms with van der Waals surface area (Å²) in [4.78, 5) is 45.6. The molecule has 1 atom stereocenters. The first-order chi connectivity index (χ1) is 30.3. The van der Waals surface area contributed by atoms with Crippen molar-refractivity contribution < 1.29 is 59.0 Å². The van der Waals surface area contributed by atoms with Crippen LogP contribution in [0.2, 0.25) is 20.1 Å². The monoisotopic (exact) mass is 1040 g/mol. The second-order valence-corrected chi connectivity index (χ2v) is 21.8. The van der Waals surface area contributed by atoms with Gasteiger partial charge in [0.05, 0.1) is 46.4 Å². The van der Waals surface area contributed by atoms with Gasteiger partial charge >= 0.3 is 18.8 Å². The minimum atomic E-state index is -4.34. The van der Waals surface area contributed by atoms with Gasteiger partial charge in [0.25, 0.3) is 11.8 Å². The molecule has 0 radical (unpaired) electrons. The van der Waals surface area contributed by atoms with E-state index in [1.165, 1.54) is 82.6 Å². The van der Waals surface area contributed by atoms with Crippen LogP contribution in [-0.4, -0.2) is 77.0 Å². The predicted molar refractivity (Wildman–Crippen MR) is 247 cm³/mol. The van der Waals surface area contributed by atoms with E-state index in [1.807, 2.05) is 0 Å². The number of aliphatic hydroxyl groups excluding tert-OH is 1. The first-order valence-corrected chi connectivity index (χ1v) is 23.1. The first-order valence-electron chi connectivity index (χ1n) is 19.0. The number of sulfone groups is 1. The molecular weight excluding hydrogens is 998 g/mol. The van der Waals surface area contributed by atoms with Crippen molar-refractivity contribution >= 4 is 119 Å². The fourth-order valence-electron chi connectivity index (χ4n) is 6.22. The third-order valence-corrected chi connectivity index (χ3v) is 15.1. The predicted octanol–water partition coefficient (Wildman–Crippen LogP) is 10.5. The summed E-state index contributed by atoms with van der Waals surface area (Å²) in [5, 5.41) is 9.86. The Bertz CT molecular complexity index is 2800. The topological polar surface area (TPSA) is 187 Å². The van der Waals surface area contributed by atoms with E-state index in [2.05, 4.69) is 9.97 Å². The third-order valence-electron chi connectivity index (χ3n) is 10.1. The summed E-state index contributed by atoms with van der Waals surface area (Å²) in [6.07, 6.45) is -2.66. The van der Waals surface area contributed by atoms with E-state index in [-0.39, 0.29) is 60.3 Å². The zero-order valence-corrected chi connectivity index (χ0v) is 41.0. The molecular formula is C43H41Cl4F4N4O9S2-. The Morgan fingerprint density at radius 2 is 1.33 bits per heavy atom. The molecule has 1 N–H and O–H groups in total. The molecule has 356 valence electrons. The lowest BCUT2D eigenvalue weighted by Crippen LogP contribution is -2.36. The summed E-state index contributed by atoms with van der Waals surface area (Å²) >= 11 is 22.5. The lowest BCUT2D eigenvalue weighted by Gasteiger charge is -2.35. The van der Waals surface area contributed by atoms with Crippen LogP contribution in [0.5, 0.6) is 0 Å². The van der Waals surface area contributed by atoms with Crippen molar-refractivity contribution in [2.24, 2.45) is 5.41 Å².